The van der Waals surface area contributed by atoms with Crippen LogP contribution in [0.2, 0.25) is 0 Å². The normalized spacial score (nSPS) is 10.8. The lowest BCUT2D eigenvalue weighted by Gasteiger charge is -2.13. The van der Waals surface area contributed by atoms with Gasteiger partial charge in [0.25, 0.3) is 0 Å². The molecule has 3 nitrogen and oxygen atoms in total. The van der Waals surface area contributed by atoms with Crippen LogP contribution in [0.1, 0.15) is 12.5 Å². The number of phenolic OH excluding ortho intramolecular Hbond substituents is 2. The molecule has 3 heteroatoms. The first-order valence-electron chi connectivity index (χ1n) is 4.83. The van der Waals surface area contributed by atoms with Crippen LogP contribution in [-0.4, -0.2) is 35.3 Å². The quantitative estimate of drug-likeness (QED) is 0.717. The molecule has 0 aliphatic rings. The smallest absolute Gasteiger partial charge is 0.157 e. The molecule has 0 bridgehead atoms. The van der Waals surface area contributed by atoms with Crippen LogP contribution in [0.25, 0.3) is 0 Å². The maximum atomic E-state index is 9.26. The summed E-state index contributed by atoms with van der Waals surface area (Å²) in [5.74, 6) is -0.0979. The summed E-state index contributed by atoms with van der Waals surface area (Å²) in [6.45, 7) is 4.08. The zero-order valence-corrected chi connectivity index (χ0v) is 8.70. The van der Waals surface area contributed by atoms with E-state index < -0.39 is 0 Å². The molecule has 0 aromatic heterocycles. The van der Waals surface area contributed by atoms with Gasteiger partial charge in [0.05, 0.1) is 0 Å². The number of rotatable bonds is 4. The van der Waals surface area contributed by atoms with Gasteiger partial charge < -0.3 is 15.1 Å². The van der Waals surface area contributed by atoms with E-state index in [9.17, 15) is 5.11 Å². The van der Waals surface area contributed by atoms with Crippen molar-refractivity contribution in [2.45, 2.75) is 13.3 Å². The lowest BCUT2D eigenvalue weighted by Crippen LogP contribution is -2.20. The molecule has 0 amide bonds. The summed E-state index contributed by atoms with van der Waals surface area (Å²) >= 11 is 0. The van der Waals surface area contributed by atoms with Gasteiger partial charge in [-0.25, -0.2) is 0 Å². The maximum absolute atomic E-state index is 9.26. The minimum absolute atomic E-state index is 0.0401. The van der Waals surface area contributed by atoms with Crippen LogP contribution < -0.4 is 0 Å². The highest BCUT2D eigenvalue weighted by Crippen LogP contribution is 2.24. The Hall–Kier alpha value is -1.22. The maximum Gasteiger partial charge on any atom is 0.157 e. The summed E-state index contributed by atoms with van der Waals surface area (Å²) in [4.78, 5) is 2.20. The van der Waals surface area contributed by atoms with Crippen LogP contribution in [0.3, 0.4) is 0 Å². The van der Waals surface area contributed by atoms with E-state index >= 15 is 0 Å². The summed E-state index contributed by atoms with van der Waals surface area (Å²) in [6.07, 6.45) is 0.887. The first-order chi connectivity index (χ1) is 6.63. The summed E-state index contributed by atoms with van der Waals surface area (Å²) in [5, 5.41) is 18.4. The topological polar surface area (TPSA) is 43.7 Å². The Morgan fingerprint density at radius 3 is 2.50 bits per heavy atom. The highest BCUT2D eigenvalue weighted by molar-refractivity contribution is 5.40. The number of aromatic hydroxyl groups is 2. The molecule has 2 N–H and O–H groups in total. The van der Waals surface area contributed by atoms with Crippen molar-refractivity contribution in [1.82, 2.24) is 4.90 Å². The van der Waals surface area contributed by atoms with E-state index in [1.165, 1.54) is 6.07 Å². The van der Waals surface area contributed by atoms with Crippen LogP contribution >= 0.6 is 0 Å². The first kappa shape index (κ1) is 10.9. The molecule has 0 aliphatic carbocycles. The number of hydrogen-bond donors (Lipinski definition) is 2. The van der Waals surface area contributed by atoms with Crippen molar-refractivity contribution in [3.05, 3.63) is 23.8 Å². The molecular formula is C11H17NO2. The SMILES string of the molecule is CCN(C)CCc1ccc(O)c(O)c1. The van der Waals surface area contributed by atoms with Gasteiger partial charge in [-0.1, -0.05) is 13.0 Å². The van der Waals surface area contributed by atoms with Gasteiger partial charge in [0.1, 0.15) is 0 Å². The average molecular weight is 195 g/mol. The van der Waals surface area contributed by atoms with E-state index in [1.807, 2.05) is 6.07 Å². The molecule has 14 heavy (non-hydrogen) atoms. The van der Waals surface area contributed by atoms with Crippen molar-refractivity contribution >= 4 is 0 Å². The molecule has 0 saturated heterocycles. The highest BCUT2D eigenvalue weighted by atomic mass is 16.3. The summed E-state index contributed by atoms with van der Waals surface area (Å²) in [5.41, 5.74) is 1.04. The predicted molar refractivity (Wildman–Crippen MR) is 56.6 cm³/mol. The fourth-order valence-corrected chi connectivity index (χ4v) is 1.20. The molecule has 1 aromatic carbocycles. The van der Waals surface area contributed by atoms with Gasteiger partial charge in [0.2, 0.25) is 0 Å². The molecule has 0 saturated carbocycles. The lowest BCUT2D eigenvalue weighted by atomic mass is 10.1. The Kier molecular flexibility index (Phi) is 3.77. The minimum atomic E-state index is -0.0578. The number of phenols is 2. The van der Waals surface area contributed by atoms with Gasteiger partial charge in [0, 0.05) is 6.54 Å². The third-order valence-electron chi connectivity index (χ3n) is 2.36. The average Bonchev–Trinajstić information content (AvgIpc) is 2.19. The molecule has 0 atom stereocenters. The molecule has 0 spiro atoms. The molecule has 1 aromatic rings. The Labute approximate surface area is 84.6 Å². The second-order valence-corrected chi connectivity index (χ2v) is 3.47. The number of nitrogens with zero attached hydrogens (tertiary/aromatic N) is 1. The standard InChI is InChI=1S/C11H17NO2/c1-3-12(2)7-6-9-4-5-10(13)11(14)8-9/h4-5,8,13-14H,3,6-7H2,1-2H3. The van der Waals surface area contributed by atoms with Gasteiger partial charge in [-0.3, -0.25) is 0 Å². The molecule has 0 unspecified atom stereocenters. The molecule has 0 heterocycles. The van der Waals surface area contributed by atoms with Gasteiger partial charge in [-0.2, -0.15) is 0 Å². The predicted octanol–water partition coefficient (Wildman–Crippen LogP) is 1.59. The van der Waals surface area contributed by atoms with Gasteiger partial charge >= 0.3 is 0 Å². The molecule has 1 rings (SSSR count). The van der Waals surface area contributed by atoms with Gasteiger partial charge in [0.15, 0.2) is 11.5 Å². The van der Waals surface area contributed by atoms with E-state index in [0.29, 0.717) is 0 Å². The highest BCUT2D eigenvalue weighted by Gasteiger charge is 2.01. The fraction of sp³-hybridized carbons (Fsp3) is 0.455. The molecule has 0 radical (unpaired) electrons. The van der Waals surface area contributed by atoms with Crippen molar-refractivity contribution in [2.75, 3.05) is 20.1 Å². The lowest BCUT2D eigenvalue weighted by molar-refractivity contribution is 0.357. The van der Waals surface area contributed by atoms with Gasteiger partial charge in [-0.15, -0.1) is 0 Å². The van der Waals surface area contributed by atoms with Crippen molar-refractivity contribution in [1.29, 1.82) is 0 Å². The van der Waals surface area contributed by atoms with Crippen molar-refractivity contribution in [3.8, 4) is 11.5 Å². The monoisotopic (exact) mass is 195 g/mol. The Morgan fingerprint density at radius 1 is 1.21 bits per heavy atom. The summed E-state index contributed by atoms with van der Waals surface area (Å²) < 4.78 is 0. The number of likely N-dealkylation sites (N-methyl/N-ethyl adjacent to an activating group) is 1. The van der Waals surface area contributed by atoms with E-state index in [4.69, 9.17) is 5.11 Å². The van der Waals surface area contributed by atoms with E-state index in [1.54, 1.807) is 6.07 Å². The minimum Gasteiger partial charge on any atom is -0.504 e. The Bertz CT molecular complexity index is 299. The van der Waals surface area contributed by atoms with Crippen molar-refractivity contribution in [2.24, 2.45) is 0 Å². The van der Waals surface area contributed by atoms with Crippen LogP contribution in [-0.2, 0) is 6.42 Å². The molecular weight excluding hydrogens is 178 g/mol. The van der Waals surface area contributed by atoms with Crippen LogP contribution in [0.4, 0.5) is 0 Å². The van der Waals surface area contributed by atoms with Crippen LogP contribution in [0, 0.1) is 0 Å². The third kappa shape index (κ3) is 2.92. The van der Waals surface area contributed by atoms with Gasteiger partial charge in [-0.05, 0) is 37.7 Å². The van der Waals surface area contributed by atoms with Crippen molar-refractivity contribution in [3.63, 3.8) is 0 Å². The number of hydrogen-bond acceptors (Lipinski definition) is 3. The van der Waals surface area contributed by atoms with Crippen molar-refractivity contribution < 1.29 is 10.2 Å². The number of benzene rings is 1. The molecule has 0 aliphatic heterocycles. The second-order valence-electron chi connectivity index (χ2n) is 3.47. The Morgan fingerprint density at radius 2 is 1.93 bits per heavy atom. The fourth-order valence-electron chi connectivity index (χ4n) is 1.20. The van der Waals surface area contributed by atoms with Crippen LogP contribution in [0.5, 0.6) is 11.5 Å². The summed E-state index contributed by atoms with van der Waals surface area (Å²) in [6, 6.07) is 4.97. The van der Waals surface area contributed by atoms with E-state index in [-0.39, 0.29) is 11.5 Å². The summed E-state index contributed by atoms with van der Waals surface area (Å²) in [7, 11) is 2.06. The zero-order chi connectivity index (χ0) is 10.6. The van der Waals surface area contributed by atoms with E-state index in [2.05, 4.69) is 18.9 Å². The third-order valence-corrected chi connectivity index (χ3v) is 2.36. The zero-order valence-electron chi connectivity index (χ0n) is 8.70. The van der Waals surface area contributed by atoms with E-state index in [0.717, 1.165) is 25.1 Å². The molecule has 78 valence electrons. The Balaban J connectivity index is 2.55. The molecule has 0 fully saturated rings. The first-order valence-corrected chi connectivity index (χ1v) is 4.83. The second kappa shape index (κ2) is 4.86. The largest absolute Gasteiger partial charge is 0.504 e. The van der Waals surface area contributed by atoms with Crippen LogP contribution in [0.15, 0.2) is 18.2 Å².